The molecular weight excluding hydrogens is 148 g/mol. The van der Waals surface area contributed by atoms with Crippen molar-refractivity contribution in [2.45, 2.75) is 25.7 Å². The first-order valence-corrected chi connectivity index (χ1v) is 4.18. The molecule has 1 aromatic rings. The SMILES string of the molecule is Cc1cc(C2CC2)cc(C#N)n1. The second-order valence-corrected chi connectivity index (χ2v) is 3.31. The Labute approximate surface area is 71.9 Å². The summed E-state index contributed by atoms with van der Waals surface area (Å²) < 4.78 is 0. The number of hydrogen-bond donors (Lipinski definition) is 0. The summed E-state index contributed by atoms with van der Waals surface area (Å²) in [7, 11) is 0. The summed E-state index contributed by atoms with van der Waals surface area (Å²) in [6.07, 6.45) is 2.54. The van der Waals surface area contributed by atoms with Crippen LogP contribution in [0.1, 0.15) is 35.7 Å². The highest BCUT2D eigenvalue weighted by Crippen LogP contribution is 2.40. The maximum Gasteiger partial charge on any atom is 0.141 e. The smallest absolute Gasteiger partial charge is 0.141 e. The average molecular weight is 158 g/mol. The molecule has 2 nitrogen and oxygen atoms in total. The quantitative estimate of drug-likeness (QED) is 0.627. The van der Waals surface area contributed by atoms with E-state index >= 15 is 0 Å². The van der Waals surface area contributed by atoms with Gasteiger partial charge in [-0.1, -0.05) is 0 Å². The van der Waals surface area contributed by atoms with Crippen molar-refractivity contribution in [3.63, 3.8) is 0 Å². The molecule has 0 unspecified atom stereocenters. The van der Waals surface area contributed by atoms with Gasteiger partial charge in [0, 0.05) is 5.69 Å². The highest BCUT2D eigenvalue weighted by atomic mass is 14.7. The number of pyridine rings is 1. The second-order valence-electron chi connectivity index (χ2n) is 3.31. The van der Waals surface area contributed by atoms with Crippen LogP contribution in [0.2, 0.25) is 0 Å². The van der Waals surface area contributed by atoms with Gasteiger partial charge >= 0.3 is 0 Å². The monoisotopic (exact) mass is 158 g/mol. The molecule has 1 aliphatic carbocycles. The van der Waals surface area contributed by atoms with E-state index in [1.807, 2.05) is 13.0 Å². The molecule has 0 saturated heterocycles. The van der Waals surface area contributed by atoms with Crippen LogP contribution in [0.3, 0.4) is 0 Å². The van der Waals surface area contributed by atoms with Gasteiger partial charge < -0.3 is 0 Å². The highest BCUT2D eigenvalue weighted by molar-refractivity contribution is 5.32. The van der Waals surface area contributed by atoms with Gasteiger partial charge in [-0.25, -0.2) is 4.98 Å². The first-order valence-electron chi connectivity index (χ1n) is 4.18. The molecule has 0 N–H and O–H groups in total. The third-order valence-electron chi connectivity index (χ3n) is 2.14. The zero-order valence-electron chi connectivity index (χ0n) is 7.04. The zero-order chi connectivity index (χ0) is 8.55. The number of aryl methyl sites for hydroxylation is 1. The molecule has 0 bridgehead atoms. The fourth-order valence-electron chi connectivity index (χ4n) is 1.40. The first-order chi connectivity index (χ1) is 5.79. The van der Waals surface area contributed by atoms with Crippen LogP contribution in [0.5, 0.6) is 0 Å². The second kappa shape index (κ2) is 2.60. The van der Waals surface area contributed by atoms with Crippen molar-refractivity contribution in [2.75, 3.05) is 0 Å². The normalized spacial score (nSPS) is 15.7. The van der Waals surface area contributed by atoms with Crippen molar-refractivity contribution in [3.8, 4) is 6.07 Å². The van der Waals surface area contributed by atoms with Gasteiger partial charge in [-0.05, 0) is 43.4 Å². The summed E-state index contributed by atoms with van der Waals surface area (Å²) in [5.74, 6) is 0.707. The van der Waals surface area contributed by atoms with E-state index in [2.05, 4.69) is 17.1 Å². The topological polar surface area (TPSA) is 36.7 Å². The Morgan fingerprint density at radius 1 is 1.50 bits per heavy atom. The molecule has 2 heteroatoms. The third-order valence-corrected chi connectivity index (χ3v) is 2.14. The molecule has 0 aliphatic heterocycles. The number of hydrogen-bond acceptors (Lipinski definition) is 2. The molecule has 60 valence electrons. The Morgan fingerprint density at radius 3 is 2.83 bits per heavy atom. The lowest BCUT2D eigenvalue weighted by molar-refractivity contribution is 1.07. The van der Waals surface area contributed by atoms with E-state index in [0.29, 0.717) is 11.6 Å². The Hall–Kier alpha value is -1.36. The van der Waals surface area contributed by atoms with Crippen molar-refractivity contribution in [3.05, 3.63) is 29.1 Å². The number of rotatable bonds is 1. The molecule has 1 aromatic heterocycles. The van der Waals surface area contributed by atoms with E-state index in [0.717, 1.165) is 5.69 Å². The molecule has 12 heavy (non-hydrogen) atoms. The molecule has 0 atom stereocenters. The molecule has 0 spiro atoms. The predicted octanol–water partition coefficient (Wildman–Crippen LogP) is 2.14. The molecule has 1 aliphatic rings. The van der Waals surface area contributed by atoms with E-state index in [9.17, 15) is 0 Å². The molecule has 0 amide bonds. The zero-order valence-corrected chi connectivity index (χ0v) is 7.04. The molecule has 0 radical (unpaired) electrons. The van der Waals surface area contributed by atoms with Crippen LogP contribution in [0.15, 0.2) is 12.1 Å². The predicted molar refractivity (Wildman–Crippen MR) is 45.7 cm³/mol. The van der Waals surface area contributed by atoms with Crippen LogP contribution in [0.4, 0.5) is 0 Å². The minimum atomic E-state index is 0.553. The standard InChI is InChI=1S/C10H10N2/c1-7-4-9(8-2-3-8)5-10(6-11)12-7/h4-5,8H,2-3H2,1H3. The minimum absolute atomic E-state index is 0.553. The van der Waals surface area contributed by atoms with Gasteiger partial charge in [0.1, 0.15) is 11.8 Å². The van der Waals surface area contributed by atoms with Gasteiger partial charge in [-0.15, -0.1) is 0 Å². The minimum Gasteiger partial charge on any atom is -0.242 e. The average Bonchev–Trinajstić information content (AvgIpc) is 2.85. The van der Waals surface area contributed by atoms with E-state index in [-0.39, 0.29) is 0 Å². The summed E-state index contributed by atoms with van der Waals surface area (Å²) in [6.45, 7) is 1.94. The lowest BCUT2D eigenvalue weighted by atomic mass is 10.1. The van der Waals surface area contributed by atoms with E-state index < -0.39 is 0 Å². The molecule has 1 saturated carbocycles. The van der Waals surface area contributed by atoms with Crippen molar-refractivity contribution in [1.29, 1.82) is 5.26 Å². The largest absolute Gasteiger partial charge is 0.242 e. The summed E-state index contributed by atoms with van der Waals surface area (Å²) in [4.78, 5) is 4.10. The number of aromatic nitrogens is 1. The van der Waals surface area contributed by atoms with Gasteiger partial charge in [0.05, 0.1) is 0 Å². The fourth-order valence-corrected chi connectivity index (χ4v) is 1.40. The summed E-state index contributed by atoms with van der Waals surface area (Å²) in [6, 6.07) is 6.07. The molecule has 1 heterocycles. The lowest BCUT2D eigenvalue weighted by Gasteiger charge is -1.99. The highest BCUT2D eigenvalue weighted by Gasteiger charge is 2.24. The van der Waals surface area contributed by atoms with Gasteiger partial charge in [-0.2, -0.15) is 5.26 Å². The van der Waals surface area contributed by atoms with Crippen molar-refractivity contribution >= 4 is 0 Å². The van der Waals surface area contributed by atoms with Gasteiger partial charge in [0.15, 0.2) is 0 Å². The van der Waals surface area contributed by atoms with Crippen LogP contribution >= 0.6 is 0 Å². The van der Waals surface area contributed by atoms with Crippen LogP contribution in [-0.4, -0.2) is 4.98 Å². The molecule has 1 fully saturated rings. The first kappa shape index (κ1) is 7.30. The molecule has 2 rings (SSSR count). The van der Waals surface area contributed by atoms with Crippen LogP contribution in [0, 0.1) is 18.3 Å². The van der Waals surface area contributed by atoms with Crippen LogP contribution in [-0.2, 0) is 0 Å². The van der Waals surface area contributed by atoms with Crippen LogP contribution in [0.25, 0.3) is 0 Å². The van der Waals surface area contributed by atoms with Crippen molar-refractivity contribution in [2.24, 2.45) is 0 Å². The van der Waals surface area contributed by atoms with Crippen molar-refractivity contribution in [1.82, 2.24) is 4.98 Å². The number of nitriles is 1. The maximum atomic E-state index is 8.68. The summed E-state index contributed by atoms with van der Waals surface area (Å²) >= 11 is 0. The van der Waals surface area contributed by atoms with Crippen molar-refractivity contribution < 1.29 is 0 Å². The van der Waals surface area contributed by atoms with E-state index in [1.165, 1.54) is 18.4 Å². The third kappa shape index (κ3) is 1.31. The van der Waals surface area contributed by atoms with Gasteiger partial charge in [0.2, 0.25) is 0 Å². The van der Waals surface area contributed by atoms with Gasteiger partial charge in [0.25, 0.3) is 0 Å². The summed E-state index contributed by atoms with van der Waals surface area (Å²) in [5, 5.41) is 8.68. The summed E-state index contributed by atoms with van der Waals surface area (Å²) in [5.41, 5.74) is 2.80. The lowest BCUT2D eigenvalue weighted by Crippen LogP contribution is -1.90. The molecule has 0 aromatic carbocycles. The Kier molecular flexibility index (Phi) is 1.58. The van der Waals surface area contributed by atoms with E-state index in [1.54, 1.807) is 0 Å². The number of nitrogens with zero attached hydrogens (tertiary/aromatic N) is 2. The Balaban J connectivity index is 2.43. The Bertz CT molecular complexity index is 345. The van der Waals surface area contributed by atoms with E-state index in [4.69, 9.17) is 5.26 Å². The van der Waals surface area contributed by atoms with Crippen LogP contribution < -0.4 is 0 Å². The maximum absolute atomic E-state index is 8.68. The molecular formula is C10H10N2. The fraction of sp³-hybridized carbons (Fsp3) is 0.400. The Morgan fingerprint density at radius 2 is 2.25 bits per heavy atom. The van der Waals surface area contributed by atoms with Gasteiger partial charge in [-0.3, -0.25) is 0 Å².